The molecule has 0 radical (unpaired) electrons. The Labute approximate surface area is 116 Å². The van der Waals surface area contributed by atoms with Crippen LogP contribution in [0.1, 0.15) is 5.56 Å². The molecular formula is C12H15NO3S2. The summed E-state index contributed by atoms with van der Waals surface area (Å²) in [5.41, 5.74) is 1.00. The van der Waals surface area contributed by atoms with Gasteiger partial charge < -0.3 is 14.4 Å². The molecule has 0 aromatic heterocycles. The Balaban J connectivity index is 2.16. The van der Waals surface area contributed by atoms with Gasteiger partial charge in [-0.2, -0.15) is 0 Å². The highest BCUT2D eigenvalue weighted by Crippen LogP contribution is 2.32. The van der Waals surface area contributed by atoms with Crippen molar-refractivity contribution in [2.45, 2.75) is 11.3 Å². The van der Waals surface area contributed by atoms with Gasteiger partial charge in [-0.25, -0.2) is 0 Å². The summed E-state index contributed by atoms with van der Waals surface area (Å²) >= 11 is 5.91. The van der Waals surface area contributed by atoms with Crippen LogP contribution in [0.4, 0.5) is 0 Å². The minimum Gasteiger partial charge on any atom is -0.493 e. The van der Waals surface area contributed by atoms with Crippen LogP contribution in [0, 0.1) is 0 Å². The van der Waals surface area contributed by atoms with Crippen LogP contribution >= 0.6 is 24.4 Å². The van der Waals surface area contributed by atoms with Crippen molar-refractivity contribution in [1.82, 2.24) is 4.90 Å². The molecule has 1 atom stereocenters. The average Bonchev–Trinajstić information content (AvgIpc) is 2.70. The van der Waals surface area contributed by atoms with Crippen LogP contribution < -0.4 is 9.47 Å². The minimum absolute atomic E-state index is 0.0643. The van der Waals surface area contributed by atoms with Crippen LogP contribution in [-0.2, 0) is 11.3 Å². The second-order valence-corrected chi connectivity index (χ2v) is 5.76. The van der Waals surface area contributed by atoms with E-state index in [2.05, 4.69) is 12.6 Å². The Morgan fingerprint density at radius 3 is 2.67 bits per heavy atom. The topological polar surface area (TPSA) is 38.8 Å². The summed E-state index contributed by atoms with van der Waals surface area (Å²) < 4.78 is 10.4. The summed E-state index contributed by atoms with van der Waals surface area (Å²) in [4.78, 5) is 13.4. The summed E-state index contributed by atoms with van der Waals surface area (Å²) in [6.45, 7) is 0.542. The summed E-state index contributed by atoms with van der Waals surface area (Å²) in [5.74, 6) is 1.98. The smallest absolute Gasteiger partial charge is 0.234 e. The highest BCUT2D eigenvalue weighted by atomic mass is 32.2. The fourth-order valence-electron chi connectivity index (χ4n) is 1.78. The Hall–Kier alpha value is -1.01. The van der Waals surface area contributed by atoms with E-state index in [1.54, 1.807) is 19.1 Å². The number of thioether (sulfide) groups is 1. The molecule has 1 saturated heterocycles. The van der Waals surface area contributed by atoms with Gasteiger partial charge in [0.15, 0.2) is 11.5 Å². The molecule has 0 bridgehead atoms. The normalized spacial score (nSPS) is 19.2. The van der Waals surface area contributed by atoms with Crippen LogP contribution in [0.2, 0.25) is 0 Å². The molecule has 0 spiro atoms. The Morgan fingerprint density at radius 2 is 2.11 bits per heavy atom. The van der Waals surface area contributed by atoms with Gasteiger partial charge in [0.05, 0.1) is 20.0 Å². The van der Waals surface area contributed by atoms with E-state index in [1.807, 2.05) is 18.2 Å². The quantitative estimate of drug-likeness (QED) is 0.859. The van der Waals surface area contributed by atoms with Crippen molar-refractivity contribution in [1.29, 1.82) is 0 Å². The van der Waals surface area contributed by atoms with Crippen molar-refractivity contribution in [2.75, 3.05) is 20.0 Å². The van der Waals surface area contributed by atoms with Crippen molar-refractivity contribution in [3.8, 4) is 11.5 Å². The van der Waals surface area contributed by atoms with Gasteiger partial charge in [-0.3, -0.25) is 4.79 Å². The molecule has 1 heterocycles. The number of amides is 1. The van der Waals surface area contributed by atoms with Crippen LogP contribution in [-0.4, -0.2) is 35.5 Å². The standard InChI is InChI=1S/C12H15NO3S2/c1-15-9-4-3-8(5-10(9)16-2)6-13-11(14)7-18-12(13)17/h3-5,12,17H,6-7H2,1-2H3. The fourth-order valence-corrected chi connectivity index (χ4v) is 3.05. The number of rotatable bonds is 4. The van der Waals surface area contributed by atoms with Crippen molar-refractivity contribution in [3.63, 3.8) is 0 Å². The minimum atomic E-state index is -0.0643. The van der Waals surface area contributed by atoms with Crippen molar-refractivity contribution in [2.24, 2.45) is 0 Å². The maximum Gasteiger partial charge on any atom is 0.234 e. The molecule has 0 N–H and O–H groups in total. The molecule has 98 valence electrons. The highest BCUT2D eigenvalue weighted by Gasteiger charge is 2.28. The third-order valence-corrected chi connectivity index (χ3v) is 4.44. The van der Waals surface area contributed by atoms with Gasteiger partial charge in [-0.15, -0.1) is 24.4 Å². The summed E-state index contributed by atoms with van der Waals surface area (Å²) in [7, 11) is 3.20. The molecule has 1 fully saturated rings. The third-order valence-electron chi connectivity index (χ3n) is 2.74. The number of thiol groups is 1. The van der Waals surface area contributed by atoms with Crippen LogP contribution in [0.5, 0.6) is 11.5 Å². The van der Waals surface area contributed by atoms with E-state index in [0.29, 0.717) is 23.8 Å². The van der Waals surface area contributed by atoms with Gasteiger partial charge in [0, 0.05) is 6.54 Å². The van der Waals surface area contributed by atoms with Gasteiger partial charge in [-0.05, 0) is 17.7 Å². The number of ether oxygens (including phenoxy) is 2. The number of hydrogen-bond acceptors (Lipinski definition) is 5. The lowest BCUT2D eigenvalue weighted by atomic mass is 10.2. The summed E-state index contributed by atoms with van der Waals surface area (Å²) in [5, 5.41) is 0. The maximum absolute atomic E-state index is 11.7. The second kappa shape index (κ2) is 5.75. The highest BCUT2D eigenvalue weighted by molar-refractivity contribution is 8.11. The predicted molar refractivity (Wildman–Crippen MR) is 75.3 cm³/mol. The molecule has 1 aromatic carbocycles. The SMILES string of the molecule is COc1ccc(CN2C(=O)CSC2S)cc1OC. The molecular weight excluding hydrogens is 270 g/mol. The van der Waals surface area contributed by atoms with Crippen LogP contribution in [0.15, 0.2) is 18.2 Å². The molecule has 18 heavy (non-hydrogen) atoms. The molecule has 1 aliphatic heterocycles. The third kappa shape index (κ3) is 2.70. The number of carbonyl (C=O) groups is 1. The van der Waals surface area contributed by atoms with E-state index in [-0.39, 0.29) is 10.6 Å². The van der Waals surface area contributed by atoms with Crippen molar-refractivity contribution >= 4 is 30.3 Å². The molecule has 1 unspecified atom stereocenters. The molecule has 6 heteroatoms. The second-order valence-electron chi connectivity index (χ2n) is 3.85. The zero-order valence-corrected chi connectivity index (χ0v) is 12.0. The zero-order valence-electron chi connectivity index (χ0n) is 10.3. The van der Waals surface area contributed by atoms with E-state index < -0.39 is 0 Å². The molecule has 1 aromatic rings. The van der Waals surface area contributed by atoms with Gasteiger partial charge in [0.25, 0.3) is 0 Å². The molecule has 1 aliphatic rings. The number of benzene rings is 1. The molecule has 1 amide bonds. The summed E-state index contributed by atoms with van der Waals surface area (Å²) in [6.07, 6.45) is 0. The largest absolute Gasteiger partial charge is 0.493 e. The predicted octanol–water partition coefficient (Wildman–Crippen LogP) is 1.99. The Morgan fingerprint density at radius 1 is 1.39 bits per heavy atom. The first-order chi connectivity index (χ1) is 8.65. The zero-order chi connectivity index (χ0) is 13.1. The van der Waals surface area contributed by atoms with Crippen molar-refractivity contribution < 1.29 is 14.3 Å². The first-order valence-electron chi connectivity index (χ1n) is 5.45. The Kier molecular flexibility index (Phi) is 4.29. The maximum atomic E-state index is 11.7. The van der Waals surface area contributed by atoms with E-state index in [1.165, 1.54) is 11.8 Å². The average molecular weight is 285 g/mol. The summed E-state index contributed by atoms with van der Waals surface area (Å²) in [6, 6.07) is 5.66. The molecule has 0 saturated carbocycles. The molecule has 2 rings (SSSR count). The fraction of sp³-hybridized carbons (Fsp3) is 0.417. The molecule has 0 aliphatic carbocycles. The number of hydrogen-bond donors (Lipinski definition) is 1. The van der Waals surface area contributed by atoms with E-state index in [4.69, 9.17) is 9.47 Å². The Bertz CT molecular complexity index is 453. The number of carbonyl (C=O) groups excluding carboxylic acids is 1. The van der Waals surface area contributed by atoms with Gasteiger partial charge in [-0.1, -0.05) is 6.07 Å². The van der Waals surface area contributed by atoms with Gasteiger partial charge in [0.1, 0.15) is 4.71 Å². The first-order valence-corrected chi connectivity index (χ1v) is 7.02. The van der Waals surface area contributed by atoms with Crippen molar-refractivity contribution in [3.05, 3.63) is 23.8 Å². The van der Waals surface area contributed by atoms with Crippen LogP contribution in [0.25, 0.3) is 0 Å². The first kappa shape index (κ1) is 13.4. The van der Waals surface area contributed by atoms with E-state index >= 15 is 0 Å². The van der Waals surface area contributed by atoms with E-state index in [9.17, 15) is 4.79 Å². The lowest BCUT2D eigenvalue weighted by Gasteiger charge is -2.20. The number of nitrogens with zero attached hydrogens (tertiary/aromatic N) is 1. The molecule has 4 nitrogen and oxygen atoms in total. The van der Waals surface area contributed by atoms with Gasteiger partial charge >= 0.3 is 0 Å². The lowest BCUT2D eigenvalue weighted by molar-refractivity contribution is -0.127. The van der Waals surface area contributed by atoms with E-state index in [0.717, 1.165) is 5.56 Å². The van der Waals surface area contributed by atoms with Gasteiger partial charge in [0.2, 0.25) is 5.91 Å². The van der Waals surface area contributed by atoms with Crippen LogP contribution in [0.3, 0.4) is 0 Å². The number of methoxy groups -OCH3 is 2. The monoisotopic (exact) mass is 285 g/mol. The lowest BCUT2D eigenvalue weighted by Crippen LogP contribution is -2.29.